The summed E-state index contributed by atoms with van der Waals surface area (Å²) in [5, 5.41) is 7.50. The minimum absolute atomic E-state index is 0.0341. The van der Waals surface area contributed by atoms with E-state index in [-0.39, 0.29) is 6.71 Å². The molecule has 208 valence electrons. The summed E-state index contributed by atoms with van der Waals surface area (Å²) in [6, 6.07) is 54.2. The zero-order chi connectivity index (χ0) is 29.5. The SMILES string of the molecule is c1ccc2c(c1)Oc1ccc(-c3ccccc3-c3cccc4ccc5cc6ccccc6cc5c34)c3c1B2c1ccccc1O3. The lowest BCUT2D eigenvalue weighted by Crippen LogP contribution is -2.57. The maximum Gasteiger partial charge on any atom is 0.260 e. The van der Waals surface area contributed by atoms with Crippen molar-refractivity contribution < 1.29 is 9.47 Å². The Labute approximate surface area is 261 Å². The molecule has 2 aliphatic heterocycles. The van der Waals surface area contributed by atoms with Gasteiger partial charge >= 0.3 is 0 Å². The van der Waals surface area contributed by atoms with Crippen molar-refractivity contribution in [3.8, 4) is 45.3 Å². The van der Waals surface area contributed by atoms with Crippen molar-refractivity contribution in [1.29, 1.82) is 0 Å². The Morgan fingerprint density at radius 1 is 0.378 bits per heavy atom. The molecule has 0 fully saturated rings. The van der Waals surface area contributed by atoms with Gasteiger partial charge in [-0.3, -0.25) is 0 Å². The highest BCUT2D eigenvalue weighted by atomic mass is 16.5. The first-order valence-electron chi connectivity index (χ1n) is 15.5. The number of hydrogen-bond acceptors (Lipinski definition) is 2. The molecule has 45 heavy (non-hydrogen) atoms. The van der Waals surface area contributed by atoms with Gasteiger partial charge in [0.05, 0.1) is 0 Å². The highest BCUT2D eigenvalue weighted by Gasteiger charge is 2.41. The van der Waals surface area contributed by atoms with E-state index in [0.29, 0.717) is 0 Å². The lowest BCUT2D eigenvalue weighted by atomic mass is 9.34. The fraction of sp³-hybridized carbons (Fsp3) is 0. The number of benzene rings is 8. The molecule has 10 rings (SSSR count). The summed E-state index contributed by atoms with van der Waals surface area (Å²) in [6.07, 6.45) is 0. The number of hydrogen-bond donors (Lipinski definition) is 0. The minimum Gasteiger partial charge on any atom is -0.458 e. The van der Waals surface area contributed by atoms with E-state index in [1.54, 1.807) is 0 Å². The molecule has 2 aliphatic rings. The number of rotatable bonds is 2. The van der Waals surface area contributed by atoms with Gasteiger partial charge < -0.3 is 9.47 Å². The van der Waals surface area contributed by atoms with Gasteiger partial charge in [-0.25, -0.2) is 0 Å². The van der Waals surface area contributed by atoms with E-state index in [1.807, 2.05) is 6.07 Å². The molecule has 3 heteroatoms. The van der Waals surface area contributed by atoms with Crippen LogP contribution in [0, 0.1) is 0 Å². The number of fused-ring (bicyclic) bond motifs is 8. The molecule has 8 aromatic carbocycles. The van der Waals surface area contributed by atoms with Crippen LogP contribution in [0.25, 0.3) is 54.6 Å². The molecular weight excluding hydrogens is 547 g/mol. The van der Waals surface area contributed by atoms with Crippen molar-refractivity contribution in [3.63, 3.8) is 0 Å². The summed E-state index contributed by atoms with van der Waals surface area (Å²) < 4.78 is 13.3. The fourth-order valence-electron chi connectivity index (χ4n) is 7.58. The van der Waals surface area contributed by atoms with E-state index < -0.39 is 0 Å². The molecule has 0 amide bonds. The van der Waals surface area contributed by atoms with Gasteiger partial charge in [0.1, 0.15) is 23.0 Å². The number of ether oxygens (including phenoxy) is 2. The van der Waals surface area contributed by atoms with Crippen molar-refractivity contribution in [2.45, 2.75) is 0 Å². The van der Waals surface area contributed by atoms with E-state index in [9.17, 15) is 0 Å². The largest absolute Gasteiger partial charge is 0.458 e. The van der Waals surface area contributed by atoms with E-state index in [0.717, 1.165) is 39.6 Å². The van der Waals surface area contributed by atoms with Crippen LogP contribution in [0.4, 0.5) is 0 Å². The molecule has 0 atom stereocenters. The molecule has 0 saturated carbocycles. The summed E-state index contributed by atoms with van der Waals surface area (Å²) in [5.74, 6) is 3.52. The molecule has 8 aromatic rings. The molecule has 0 aliphatic carbocycles. The van der Waals surface area contributed by atoms with Crippen molar-refractivity contribution >= 4 is 55.4 Å². The van der Waals surface area contributed by atoms with Crippen LogP contribution in [-0.4, -0.2) is 6.71 Å². The third-order valence-corrected chi connectivity index (χ3v) is 9.57. The average molecular weight is 572 g/mol. The van der Waals surface area contributed by atoms with Crippen LogP contribution in [0.15, 0.2) is 152 Å². The van der Waals surface area contributed by atoms with Crippen molar-refractivity contribution in [2.24, 2.45) is 0 Å². The van der Waals surface area contributed by atoms with Crippen molar-refractivity contribution in [2.75, 3.05) is 0 Å². The minimum atomic E-state index is 0.0341. The third-order valence-electron chi connectivity index (χ3n) is 9.57. The molecule has 0 N–H and O–H groups in total. The lowest BCUT2D eigenvalue weighted by molar-refractivity contribution is 0.465. The molecule has 2 heterocycles. The van der Waals surface area contributed by atoms with E-state index >= 15 is 0 Å². The van der Waals surface area contributed by atoms with Gasteiger partial charge in [-0.1, -0.05) is 115 Å². The Kier molecular flexibility index (Phi) is 5.12. The highest BCUT2D eigenvalue weighted by molar-refractivity contribution is 6.98. The second kappa shape index (κ2) is 9.35. The van der Waals surface area contributed by atoms with Gasteiger partial charge in [0.15, 0.2) is 0 Å². The first-order chi connectivity index (χ1) is 22.3. The molecule has 0 aromatic heterocycles. The monoisotopic (exact) mass is 572 g/mol. The zero-order valence-corrected chi connectivity index (χ0v) is 24.3. The predicted octanol–water partition coefficient (Wildman–Crippen LogP) is 9.21. The smallest absolute Gasteiger partial charge is 0.260 e. The quantitative estimate of drug-likeness (QED) is 0.117. The van der Waals surface area contributed by atoms with Gasteiger partial charge in [-0.2, -0.15) is 0 Å². The Morgan fingerprint density at radius 3 is 1.78 bits per heavy atom. The number of para-hydroxylation sites is 2. The van der Waals surface area contributed by atoms with Gasteiger partial charge in [-0.15, -0.1) is 0 Å². The highest BCUT2D eigenvalue weighted by Crippen LogP contribution is 2.45. The summed E-state index contributed by atoms with van der Waals surface area (Å²) in [6.45, 7) is 0.0341. The first kappa shape index (κ1) is 24.6. The molecule has 0 bridgehead atoms. The molecule has 0 unspecified atom stereocenters. The van der Waals surface area contributed by atoms with Crippen LogP contribution in [0.5, 0.6) is 23.0 Å². The van der Waals surface area contributed by atoms with Crippen LogP contribution in [-0.2, 0) is 0 Å². The maximum absolute atomic E-state index is 6.84. The predicted molar refractivity (Wildman–Crippen MR) is 188 cm³/mol. The summed E-state index contributed by atoms with van der Waals surface area (Å²) in [7, 11) is 0. The Bertz CT molecular complexity index is 2500. The zero-order valence-electron chi connectivity index (χ0n) is 24.3. The van der Waals surface area contributed by atoms with E-state index in [1.165, 1.54) is 54.4 Å². The molecule has 2 nitrogen and oxygen atoms in total. The Morgan fingerprint density at radius 2 is 0.978 bits per heavy atom. The average Bonchev–Trinajstić information content (AvgIpc) is 3.10. The fourth-order valence-corrected chi connectivity index (χ4v) is 7.58. The maximum atomic E-state index is 6.84. The van der Waals surface area contributed by atoms with Crippen molar-refractivity contribution in [1.82, 2.24) is 0 Å². The van der Waals surface area contributed by atoms with Crippen LogP contribution < -0.4 is 25.9 Å². The Balaban J connectivity index is 1.24. The molecule has 0 spiro atoms. The second-order valence-electron chi connectivity index (χ2n) is 12.0. The first-order valence-corrected chi connectivity index (χ1v) is 15.5. The van der Waals surface area contributed by atoms with Gasteiger partial charge in [0.25, 0.3) is 6.71 Å². The van der Waals surface area contributed by atoms with E-state index in [2.05, 4.69) is 146 Å². The summed E-state index contributed by atoms with van der Waals surface area (Å²) in [4.78, 5) is 0. The topological polar surface area (TPSA) is 18.5 Å². The summed E-state index contributed by atoms with van der Waals surface area (Å²) >= 11 is 0. The van der Waals surface area contributed by atoms with E-state index in [4.69, 9.17) is 9.47 Å². The van der Waals surface area contributed by atoms with Crippen LogP contribution in [0.3, 0.4) is 0 Å². The second-order valence-corrected chi connectivity index (χ2v) is 12.0. The molecular formula is C42H25BO2. The molecule has 0 radical (unpaired) electrons. The van der Waals surface area contributed by atoms with Gasteiger partial charge in [0.2, 0.25) is 0 Å². The van der Waals surface area contributed by atoms with Crippen molar-refractivity contribution in [3.05, 3.63) is 152 Å². The Hall–Kier alpha value is -5.80. The van der Waals surface area contributed by atoms with Crippen LogP contribution in [0.1, 0.15) is 0 Å². The normalized spacial score (nSPS) is 12.8. The molecule has 0 saturated heterocycles. The van der Waals surface area contributed by atoms with Crippen LogP contribution >= 0.6 is 0 Å². The van der Waals surface area contributed by atoms with Gasteiger partial charge in [-0.05, 0) is 96.3 Å². The third kappa shape index (κ3) is 3.58. The lowest BCUT2D eigenvalue weighted by Gasteiger charge is -2.34. The summed E-state index contributed by atoms with van der Waals surface area (Å²) in [5.41, 5.74) is 8.02. The van der Waals surface area contributed by atoms with Crippen LogP contribution in [0.2, 0.25) is 0 Å². The van der Waals surface area contributed by atoms with Gasteiger partial charge in [0, 0.05) is 11.0 Å². The standard InChI is InChI=1S/C42H25BO2/c1-2-11-28-25-34-29(24-27(28)10-1)21-20-26-12-9-15-32(40(26)34)30-13-3-4-14-31(30)33-22-23-39-41-42(33)45-38-19-8-6-17-36(38)43(41)35-16-5-7-18-37(35)44-39/h1-25H.